The normalized spacial score (nSPS) is 46.5. The Bertz CT molecular complexity index is 778. The van der Waals surface area contributed by atoms with E-state index in [1.165, 1.54) is 6.92 Å². The number of hydrogen-bond donors (Lipinski definition) is 2. The number of ketones is 1. The van der Waals surface area contributed by atoms with E-state index in [1.54, 1.807) is 0 Å². The van der Waals surface area contributed by atoms with Crippen LogP contribution in [0.2, 0.25) is 0 Å². The van der Waals surface area contributed by atoms with Gasteiger partial charge in [-0.3, -0.25) is 14.4 Å². The van der Waals surface area contributed by atoms with Gasteiger partial charge in [0.2, 0.25) is 0 Å². The zero-order valence-corrected chi connectivity index (χ0v) is 20.0. The van der Waals surface area contributed by atoms with Crippen LogP contribution in [0.5, 0.6) is 0 Å². The molecule has 0 heterocycles. The SMILES string of the molecule is CC(=O)O[C@@H]1C[C@@H]2C[C@H](O)CC[C@]2(C)[C@H]2CC(=O)[C@]3(C)[C@@H]([C@H](C)CCC(=O)O)CC[C@H]3[C@H]12. The van der Waals surface area contributed by atoms with Crippen molar-refractivity contribution in [2.45, 2.75) is 97.7 Å². The topological polar surface area (TPSA) is 101 Å². The Balaban J connectivity index is 1.67. The van der Waals surface area contributed by atoms with E-state index in [0.29, 0.717) is 18.6 Å². The second-order valence-corrected chi connectivity index (χ2v) is 11.8. The molecule has 4 aliphatic carbocycles. The molecule has 4 saturated carbocycles. The molecule has 4 fully saturated rings. The summed E-state index contributed by atoms with van der Waals surface area (Å²) in [5, 5.41) is 19.5. The highest BCUT2D eigenvalue weighted by Gasteiger charge is 2.66. The molecule has 10 atom stereocenters. The highest BCUT2D eigenvalue weighted by atomic mass is 16.5. The minimum Gasteiger partial charge on any atom is -0.481 e. The Kier molecular flexibility index (Phi) is 6.23. The van der Waals surface area contributed by atoms with Gasteiger partial charge in [0.05, 0.1) is 6.10 Å². The molecule has 0 amide bonds. The standard InChI is InChI=1S/C26H40O6/c1-14(5-8-23(30)31)18-6-7-19-24-20(13-22(29)26(18,19)4)25(3)10-9-17(28)11-16(25)12-21(24)32-15(2)27/h14,16-21,24,28H,5-13H2,1-4H3,(H,30,31)/t14-,16+,17-,18-,19+,20+,21-,24+,25+,26-/m1/s1. The third-order valence-electron chi connectivity index (χ3n) is 10.4. The van der Waals surface area contributed by atoms with Gasteiger partial charge in [0, 0.05) is 31.1 Å². The van der Waals surface area contributed by atoms with Crippen LogP contribution in [0.15, 0.2) is 0 Å². The molecule has 2 N–H and O–H groups in total. The number of aliphatic carboxylic acids is 1. The van der Waals surface area contributed by atoms with Gasteiger partial charge in [-0.1, -0.05) is 20.8 Å². The van der Waals surface area contributed by atoms with E-state index >= 15 is 0 Å². The molecule has 6 nitrogen and oxygen atoms in total. The first-order valence-corrected chi connectivity index (χ1v) is 12.6. The monoisotopic (exact) mass is 448 g/mol. The molecule has 32 heavy (non-hydrogen) atoms. The lowest BCUT2D eigenvalue weighted by Crippen LogP contribution is -2.61. The Hall–Kier alpha value is -1.43. The number of esters is 1. The number of carbonyl (C=O) groups excluding carboxylic acids is 2. The second-order valence-electron chi connectivity index (χ2n) is 11.8. The molecular formula is C26H40O6. The Morgan fingerprint density at radius 2 is 1.88 bits per heavy atom. The van der Waals surface area contributed by atoms with Crippen molar-refractivity contribution in [1.29, 1.82) is 0 Å². The summed E-state index contributed by atoms with van der Waals surface area (Å²) in [6.45, 7) is 8.00. The van der Waals surface area contributed by atoms with E-state index in [-0.39, 0.29) is 65.5 Å². The van der Waals surface area contributed by atoms with Gasteiger partial charge in [-0.15, -0.1) is 0 Å². The molecule has 0 unspecified atom stereocenters. The first-order chi connectivity index (χ1) is 15.0. The quantitative estimate of drug-likeness (QED) is 0.611. The van der Waals surface area contributed by atoms with Crippen LogP contribution >= 0.6 is 0 Å². The number of carboxylic acid groups (broad SMARTS) is 1. The van der Waals surface area contributed by atoms with Crippen molar-refractivity contribution in [3.05, 3.63) is 0 Å². The zero-order valence-electron chi connectivity index (χ0n) is 20.0. The van der Waals surface area contributed by atoms with Crippen molar-refractivity contribution in [2.24, 2.45) is 46.3 Å². The predicted molar refractivity (Wildman–Crippen MR) is 119 cm³/mol. The van der Waals surface area contributed by atoms with Crippen LogP contribution in [0.25, 0.3) is 0 Å². The molecular weight excluding hydrogens is 408 g/mol. The predicted octanol–water partition coefficient (Wildman–Crippen LogP) is 4.23. The molecule has 0 radical (unpaired) electrons. The lowest BCUT2D eigenvalue weighted by Gasteiger charge is -2.62. The number of Topliss-reactive ketones (excluding diaryl/α,β-unsaturated/α-hetero) is 1. The van der Waals surface area contributed by atoms with Crippen molar-refractivity contribution in [2.75, 3.05) is 0 Å². The minimum atomic E-state index is -0.785. The van der Waals surface area contributed by atoms with E-state index in [1.807, 2.05) is 0 Å². The van der Waals surface area contributed by atoms with Crippen molar-refractivity contribution in [3.63, 3.8) is 0 Å². The van der Waals surface area contributed by atoms with Crippen LogP contribution in [0, 0.1) is 46.3 Å². The van der Waals surface area contributed by atoms with Crippen molar-refractivity contribution < 1.29 is 29.3 Å². The van der Waals surface area contributed by atoms with E-state index < -0.39 is 11.4 Å². The van der Waals surface area contributed by atoms with Crippen molar-refractivity contribution >= 4 is 17.7 Å². The van der Waals surface area contributed by atoms with Gasteiger partial charge < -0.3 is 14.9 Å². The Labute approximate surface area is 191 Å². The number of hydrogen-bond acceptors (Lipinski definition) is 5. The van der Waals surface area contributed by atoms with Gasteiger partial charge in [-0.2, -0.15) is 0 Å². The van der Waals surface area contributed by atoms with E-state index in [0.717, 1.165) is 38.5 Å². The fourth-order valence-corrected chi connectivity index (χ4v) is 8.72. The second kappa shape index (κ2) is 8.41. The summed E-state index contributed by atoms with van der Waals surface area (Å²) in [6.07, 6.45) is 5.80. The number of ether oxygens (including phenoxy) is 1. The maximum atomic E-state index is 13.8. The molecule has 0 aliphatic heterocycles. The molecule has 4 rings (SSSR count). The highest BCUT2D eigenvalue weighted by molar-refractivity contribution is 5.87. The van der Waals surface area contributed by atoms with Gasteiger partial charge in [-0.05, 0) is 80.0 Å². The van der Waals surface area contributed by atoms with Gasteiger partial charge in [0.15, 0.2) is 0 Å². The average molecular weight is 449 g/mol. The summed E-state index contributed by atoms with van der Waals surface area (Å²) in [5.41, 5.74) is -0.487. The van der Waals surface area contributed by atoms with Gasteiger partial charge in [0.25, 0.3) is 0 Å². The Morgan fingerprint density at radius 3 is 2.53 bits per heavy atom. The van der Waals surface area contributed by atoms with E-state index in [9.17, 15) is 19.5 Å². The summed E-state index contributed by atoms with van der Waals surface area (Å²) >= 11 is 0. The molecule has 0 aromatic carbocycles. The van der Waals surface area contributed by atoms with Crippen molar-refractivity contribution in [3.8, 4) is 0 Å². The summed E-state index contributed by atoms with van der Waals surface area (Å²) < 4.78 is 5.94. The number of carbonyl (C=O) groups is 3. The fourth-order valence-electron chi connectivity index (χ4n) is 8.72. The van der Waals surface area contributed by atoms with Crippen LogP contribution < -0.4 is 0 Å². The molecule has 4 aliphatic rings. The Morgan fingerprint density at radius 1 is 1.16 bits per heavy atom. The van der Waals surface area contributed by atoms with Gasteiger partial charge >= 0.3 is 11.9 Å². The summed E-state index contributed by atoms with van der Waals surface area (Å²) in [7, 11) is 0. The van der Waals surface area contributed by atoms with Crippen LogP contribution in [-0.2, 0) is 19.1 Å². The lowest BCUT2D eigenvalue weighted by atomic mass is 9.43. The van der Waals surface area contributed by atoms with Gasteiger partial charge in [0.1, 0.15) is 11.9 Å². The fraction of sp³-hybridized carbons (Fsp3) is 0.885. The third kappa shape index (κ3) is 3.70. The molecule has 0 spiro atoms. The zero-order chi connectivity index (χ0) is 23.4. The van der Waals surface area contributed by atoms with Crippen molar-refractivity contribution in [1.82, 2.24) is 0 Å². The van der Waals surface area contributed by atoms with Crippen LogP contribution in [-0.4, -0.2) is 40.1 Å². The van der Waals surface area contributed by atoms with Gasteiger partial charge in [-0.25, -0.2) is 0 Å². The number of carboxylic acids is 1. The lowest BCUT2D eigenvalue weighted by molar-refractivity contribution is -0.194. The number of fused-ring (bicyclic) bond motifs is 5. The highest BCUT2D eigenvalue weighted by Crippen LogP contribution is 2.67. The molecule has 0 saturated heterocycles. The average Bonchev–Trinajstić information content (AvgIpc) is 3.06. The van der Waals surface area contributed by atoms with E-state index in [4.69, 9.17) is 9.84 Å². The maximum Gasteiger partial charge on any atom is 0.303 e. The molecule has 0 bridgehead atoms. The maximum absolute atomic E-state index is 13.8. The van der Waals surface area contributed by atoms with E-state index in [2.05, 4.69) is 20.8 Å². The molecule has 180 valence electrons. The van der Waals surface area contributed by atoms with Crippen LogP contribution in [0.3, 0.4) is 0 Å². The van der Waals surface area contributed by atoms with Crippen LogP contribution in [0.4, 0.5) is 0 Å². The summed E-state index contributed by atoms with van der Waals surface area (Å²) in [6, 6.07) is 0. The smallest absolute Gasteiger partial charge is 0.303 e. The number of aliphatic hydroxyl groups is 1. The molecule has 6 heteroatoms. The number of rotatable bonds is 5. The minimum absolute atomic E-state index is 0.00938. The first-order valence-electron chi connectivity index (χ1n) is 12.6. The molecule has 0 aromatic rings. The number of aliphatic hydroxyl groups excluding tert-OH is 1. The summed E-state index contributed by atoms with van der Waals surface area (Å²) in [4.78, 5) is 37.0. The third-order valence-corrected chi connectivity index (χ3v) is 10.4. The summed E-state index contributed by atoms with van der Waals surface area (Å²) in [5.74, 6) is 0.390. The largest absolute Gasteiger partial charge is 0.481 e. The van der Waals surface area contributed by atoms with Crippen LogP contribution in [0.1, 0.15) is 85.5 Å². The first kappa shape index (κ1) is 23.7. The molecule has 0 aromatic heterocycles.